The molecule has 0 bridgehead atoms. The van der Waals surface area contributed by atoms with E-state index in [1.807, 2.05) is 6.07 Å². The van der Waals surface area contributed by atoms with Crippen molar-refractivity contribution in [3.63, 3.8) is 0 Å². The van der Waals surface area contributed by atoms with Crippen molar-refractivity contribution in [1.82, 2.24) is 5.32 Å². The van der Waals surface area contributed by atoms with Gasteiger partial charge in [0.15, 0.2) is 0 Å². The molecule has 0 atom stereocenters. The van der Waals surface area contributed by atoms with Crippen LogP contribution >= 0.6 is 11.6 Å². The van der Waals surface area contributed by atoms with Crippen LogP contribution in [0.1, 0.15) is 12.0 Å². The Morgan fingerprint density at radius 2 is 2.17 bits per heavy atom. The summed E-state index contributed by atoms with van der Waals surface area (Å²) in [6, 6.07) is 5.27. The van der Waals surface area contributed by atoms with Gasteiger partial charge in [0.05, 0.1) is 12.1 Å². The summed E-state index contributed by atoms with van der Waals surface area (Å²) in [7, 11) is 1.53. The molecule has 0 unspecified atom stereocenters. The van der Waals surface area contributed by atoms with Gasteiger partial charge < -0.3 is 15.2 Å². The lowest BCUT2D eigenvalue weighted by atomic mass is 10.1. The molecular formula is C12H14ClNO4. The number of carbonyl (C=O) groups excluding carboxylic acids is 1. The number of nitrogens with one attached hydrogen (secondary N) is 1. The molecule has 0 fully saturated rings. The number of halogens is 1. The summed E-state index contributed by atoms with van der Waals surface area (Å²) < 4.78 is 5.01. The molecule has 0 aromatic heterocycles. The molecule has 0 spiro atoms. The lowest BCUT2D eigenvalue weighted by Crippen LogP contribution is -2.29. The number of hydrogen-bond donors (Lipinski definition) is 2. The fourth-order valence-electron chi connectivity index (χ4n) is 1.39. The number of ether oxygens (including phenoxy) is 1. The fraction of sp³-hybridized carbons (Fsp3) is 0.333. The van der Waals surface area contributed by atoms with Gasteiger partial charge in [-0.2, -0.15) is 0 Å². The summed E-state index contributed by atoms with van der Waals surface area (Å²) in [5.74, 6) is -0.782. The maximum atomic E-state index is 11.3. The van der Waals surface area contributed by atoms with Crippen LogP contribution in [-0.4, -0.2) is 30.6 Å². The lowest BCUT2D eigenvalue weighted by molar-refractivity contribution is -0.137. The highest BCUT2D eigenvalue weighted by atomic mass is 35.5. The predicted molar refractivity (Wildman–Crippen MR) is 67.0 cm³/mol. The van der Waals surface area contributed by atoms with E-state index in [9.17, 15) is 9.59 Å². The summed E-state index contributed by atoms with van der Waals surface area (Å²) in [6.45, 7) is -0.359. The monoisotopic (exact) mass is 271 g/mol. The van der Waals surface area contributed by atoms with E-state index in [1.54, 1.807) is 12.1 Å². The third-order valence-electron chi connectivity index (χ3n) is 2.29. The molecule has 1 amide bonds. The fourth-order valence-corrected chi connectivity index (χ4v) is 1.67. The summed E-state index contributed by atoms with van der Waals surface area (Å²) in [4.78, 5) is 21.5. The number of carboxylic acids is 1. The number of carbonyl (C=O) groups is 2. The van der Waals surface area contributed by atoms with Crippen molar-refractivity contribution in [1.29, 1.82) is 0 Å². The van der Waals surface area contributed by atoms with Crippen LogP contribution in [0.4, 0.5) is 0 Å². The smallest absolute Gasteiger partial charge is 0.322 e. The van der Waals surface area contributed by atoms with Crippen molar-refractivity contribution in [3.05, 3.63) is 28.8 Å². The Kier molecular flexibility index (Phi) is 5.45. The Labute approximate surface area is 110 Å². The molecule has 98 valence electrons. The maximum Gasteiger partial charge on any atom is 0.322 e. The normalized spacial score (nSPS) is 9.89. The molecule has 0 saturated carbocycles. The zero-order valence-electron chi connectivity index (χ0n) is 9.90. The van der Waals surface area contributed by atoms with Gasteiger partial charge in [-0.3, -0.25) is 9.59 Å². The van der Waals surface area contributed by atoms with E-state index in [4.69, 9.17) is 21.4 Å². The van der Waals surface area contributed by atoms with Gasteiger partial charge in [-0.05, 0) is 24.1 Å². The van der Waals surface area contributed by atoms with Crippen molar-refractivity contribution in [2.24, 2.45) is 0 Å². The molecule has 5 nitrogen and oxygen atoms in total. The topological polar surface area (TPSA) is 75.6 Å². The highest BCUT2D eigenvalue weighted by Gasteiger charge is 2.06. The van der Waals surface area contributed by atoms with Crippen LogP contribution < -0.4 is 10.1 Å². The molecule has 0 aliphatic carbocycles. The first-order valence-corrected chi connectivity index (χ1v) is 5.71. The number of aryl methyl sites for hydroxylation is 1. The van der Waals surface area contributed by atoms with E-state index in [0.717, 1.165) is 5.56 Å². The van der Waals surface area contributed by atoms with Crippen molar-refractivity contribution < 1.29 is 19.4 Å². The van der Waals surface area contributed by atoms with Gasteiger partial charge in [0, 0.05) is 6.42 Å². The van der Waals surface area contributed by atoms with Crippen LogP contribution in [0.5, 0.6) is 5.75 Å². The minimum Gasteiger partial charge on any atom is -0.495 e. The van der Waals surface area contributed by atoms with Crippen LogP contribution in [0, 0.1) is 0 Å². The second-order valence-corrected chi connectivity index (χ2v) is 4.05. The predicted octanol–water partition coefficient (Wildman–Crippen LogP) is 1.48. The van der Waals surface area contributed by atoms with E-state index in [2.05, 4.69) is 5.32 Å². The van der Waals surface area contributed by atoms with E-state index in [0.29, 0.717) is 17.2 Å². The Bertz CT molecular complexity index is 448. The lowest BCUT2D eigenvalue weighted by Gasteiger charge is -2.06. The van der Waals surface area contributed by atoms with Gasteiger partial charge in [0.25, 0.3) is 0 Å². The first-order valence-electron chi connectivity index (χ1n) is 5.34. The quantitative estimate of drug-likeness (QED) is 0.822. The largest absolute Gasteiger partial charge is 0.495 e. The van der Waals surface area contributed by atoms with E-state index < -0.39 is 5.97 Å². The van der Waals surface area contributed by atoms with Gasteiger partial charge in [-0.1, -0.05) is 17.7 Å². The molecule has 6 heteroatoms. The van der Waals surface area contributed by atoms with Crippen LogP contribution in [-0.2, 0) is 16.0 Å². The number of aliphatic carboxylic acids is 1. The van der Waals surface area contributed by atoms with Crippen molar-refractivity contribution >= 4 is 23.5 Å². The average Bonchev–Trinajstić information content (AvgIpc) is 2.34. The molecular weight excluding hydrogens is 258 g/mol. The van der Waals surface area contributed by atoms with E-state index >= 15 is 0 Å². The standard InChI is InChI=1S/C12H14ClNO4/c1-18-10-4-2-8(6-9(10)13)3-5-11(15)14-7-12(16)17/h2,4,6H,3,5,7H2,1H3,(H,14,15)(H,16,17). The van der Waals surface area contributed by atoms with Crippen molar-refractivity contribution in [3.8, 4) is 5.75 Å². The SMILES string of the molecule is COc1ccc(CCC(=O)NCC(=O)O)cc1Cl. The number of hydrogen-bond acceptors (Lipinski definition) is 3. The van der Waals surface area contributed by atoms with Crippen molar-refractivity contribution in [2.75, 3.05) is 13.7 Å². The molecule has 0 saturated heterocycles. The van der Waals surface area contributed by atoms with Crippen LogP contribution in [0.2, 0.25) is 5.02 Å². The van der Waals surface area contributed by atoms with Gasteiger partial charge in [-0.25, -0.2) is 0 Å². The Balaban J connectivity index is 2.46. The maximum absolute atomic E-state index is 11.3. The number of methoxy groups -OCH3 is 1. The summed E-state index contributed by atoms with van der Waals surface area (Å²) in [6.07, 6.45) is 0.713. The minimum atomic E-state index is -1.06. The highest BCUT2D eigenvalue weighted by molar-refractivity contribution is 6.32. The van der Waals surface area contributed by atoms with Crippen LogP contribution in [0.25, 0.3) is 0 Å². The molecule has 2 N–H and O–H groups in total. The third kappa shape index (κ3) is 4.63. The van der Waals surface area contributed by atoms with E-state index in [-0.39, 0.29) is 18.9 Å². The summed E-state index contributed by atoms with van der Waals surface area (Å²) in [5.41, 5.74) is 0.895. The summed E-state index contributed by atoms with van der Waals surface area (Å²) >= 11 is 5.94. The number of amides is 1. The van der Waals surface area contributed by atoms with Gasteiger partial charge in [0.2, 0.25) is 5.91 Å². The second kappa shape index (κ2) is 6.86. The molecule has 0 aliphatic rings. The van der Waals surface area contributed by atoms with Gasteiger partial charge in [0.1, 0.15) is 12.3 Å². The van der Waals surface area contributed by atoms with Crippen LogP contribution in [0.15, 0.2) is 18.2 Å². The molecule has 0 heterocycles. The molecule has 18 heavy (non-hydrogen) atoms. The van der Waals surface area contributed by atoms with Crippen molar-refractivity contribution in [2.45, 2.75) is 12.8 Å². The third-order valence-corrected chi connectivity index (χ3v) is 2.59. The second-order valence-electron chi connectivity index (χ2n) is 3.64. The first kappa shape index (κ1) is 14.3. The van der Waals surface area contributed by atoms with Gasteiger partial charge >= 0.3 is 5.97 Å². The van der Waals surface area contributed by atoms with Gasteiger partial charge in [-0.15, -0.1) is 0 Å². The molecule has 1 rings (SSSR count). The number of benzene rings is 1. The average molecular weight is 272 g/mol. The number of carboxylic acid groups (broad SMARTS) is 1. The van der Waals surface area contributed by atoms with Crippen LogP contribution in [0.3, 0.4) is 0 Å². The molecule has 0 radical (unpaired) electrons. The Hall–Kier alpha value is -1.75. The zero-order valence-corrected chi connectivity index (χ0v) is 10.7. The first-order chi connectivity index (χ1) is 8.52. The number of rotatable bonds is 6. The zero-order chi connectivity index (χ0) is 13.5. The molecule has 0 aliphatic heterocycles. The molecule has 1 aromatic rings. The van der Waals surface area contributed by atoms with E-state index in [1.165, 1.54) is 7.11 Å². The summed E-state index contributed by atoms with van der Waals surface area (Å²) in [5, 5.41) is 11.2. The Morgan fingerprint density at radius 1 is 1.44 bits per heavy atom. The minimum absolute atomic E-state index is 0.218. The Morgan fingerprint density at radius 3 is 2.72 bits per heavy atom. The highest BCUT2D eigenvalue weighted by Crippen LogP contribution is 2.25. The molecule has 1 aromatic carbocycles.